The molecule has 2 nitrogen and oxygen atoms in total. The molecular weight excluding hydrogens is 260 g/mol. The van der Waals surface area contributed by atoms with Gasteiger partial charge >= 0.3 is 0 Å². The van der Waals surface area contributed by atoms with Gasteiger partial charge in [0, 0.05) is 17.3 Å². The zero-order valence-corrected chi connectivity index (χ0v) is 9.86. The number of nitrogens with zero attached hydrogens (tertiary/aromatic N) is 1. The summed E-state index contributed by atoms with van der Waals surface area (Å²) in [5, 5.41) is 0.134. The van der Waals surface area contributed by atoms with Crippen molar-refractivity contribution in [2.45, 2.75) is 6.43 Å². The monoisotopic (exact) mass is 267 g/mol. The van der Waals surface area contributed by atoms with Gasteiger partial charge in [-0.1, -0.05) is 23.7 Å². The van der Waals surface area contributed by atoms with Crippen LogP contribution in [0, 0.1) is 0 Å². The van der Waals surface area contributed by atoms with Gasteiger partial charge in [0.15, 0.2) is 0 Å². The van der Waals surface area contributed by atoms with Crippen LogP contribution in [0.15, 0.2) is 42.6 Å². The minimum absolute atomic E-state index is 0.0353. The maximum Gasteiger partial charge on any atom is 0.263 e. The van der Waals surface area contributed by atoms with E-state index in [1.165, 1.54) is 24.4 Å². The number of carbonyl (C=O) groups is 1. The standard InChI is InChI=1S/C13H8ClF2NO/c14-10-5-4-8(13(15)16)7-9(10)12(18)11-3-1-2-6-17-11/h1-7,13H. The van der Waals surface area contributed by atoms with Crippen LogP contribution in [-0.2, 0) is 0 Å². The van der Waals surface area contributed by atoms with Crippen LogP contribution in [0.25, 0.3) is 0 Å². The number of hydrogen-bond acceptors (Lipinski definition) is 2. The summed E-state index contributed by atoms with van der Waals surface area (Å²) in [6, 6.07) is 8.40. The fraction of sp³-hybridized carbons (Fsp3) is 0.0769. The molecule has 1 heterocycles. The second-order valence-electron chi connectivity index (χ2n) is 3.58. The normalized spacial score (nSPS) is 10.7. The van der Waals surface area contributed by atoms with Gasteiger partial charge in [-0.2, -0.15) is 0 Å². The van der Waals surface area contributed by atoms with E-state index in [1.807, 2.05) is 0 Å². The van der Waals surface area contributed by atoms with Crippen molar-refractivity contribution in [3.05, 3.63) is 64.4 Å². The predicted octanol–water partition coefficient (Wildman–Crippen LogP) is 3.90. The summed E-state index contributed by atoms with van der Waals surface area (Å²) in [6.07, 6.45) is -1.18. The summed E-state index contributed by atoms with van der Waals surface area (Å²) in [4.78, 5) is 15.9. The number of hydrogen-bond donors (Lipinski definition) is 0. The molecule has 5 heteroatoms. The molecule has 0 unspecified atom stereocenters. The van der Waals surface area contributed by atoms with E-state index in [9.17, 15) is 13.6 Å². The summed E-state index contributed by atoms with van der Waals surface area (Å²) in [6.45, 7) is 0. The van der Waals surface area contributed by atoms with Crippen molar-refractivity contribution in [2.75, 3.05) is 0 Å². The summed E-state index contributed by atoms with van der Waals surface area (Å²) >= 11 is 5.85. The molecule has 0 saturated heterocycles. The summed E-state index contributed by atoms with van der Waals surface area (Å²) in [7, 11) is 0. The van der Waals surface area contributed by atoms with Crippen molar-refractivity contribution in [3.8, 4) is 0 Å². The topological polar surface area (TPSA) is 30.0 Å². The van der Waals surface area contributed by atoms with E-state index >= 15 is 0 Å². The molecule has 0 aliphatic heterocycles. The molecule has 2 aromatic rings. The molecule has 18 heavy (non-hydrogen) atoms. The largest absolute Gasteiger partial charge is 0.287 e. The van der Waals surface area contributed by atoms with Crippen LogP contribution in [-0.4, -0.2) is 10.8 Å². The van der Waals surface area contributed by atoms with Gasteiger partial charge in [0.1, 0.15) is 5.69 Å². The van der Waals surface area contributed by atoms with Crippen LogP contribution in [0.2, 0.25) is 5.02 Å². The Morgan fingerprint density at radius 1 is 1.22 bits per heavy atom. The average Bonchev–Trinajstić information content (AvgIpc) is 2.39. The van der Waals surface area contributed by atoms with Gasteiger partial charge in [0.05, 0.1) is 5.02 Å². The second kappa shape index (κ2) is 5.23. The molecule has 0 aliphatic carbocycles. The molecule has 92 valence electrons. The van der Waals surface area contributed by atoms with E-state index < -0.39 is 12.2 Å². The highest BCUT2D eigenvalue weighted by Gasteiger charge is 2.17. The Balaban J connectivity index is 2.45. The molecule has 0 atom stereocenters. The van der Waals surface area contributed by atoms with Gasteiger partial charge in [0.25, 0.3) is 6.43 Å². The smallest absolute Gasteiger partial charge is 0.263 e. The van der Waals surface area contributed by atoms with Crippen LogP contribution >= 0.6 is 11.6 Å². The minimum atomic E-state index is -2.64. The third kappa shape index (κ3) is 2.54. The molecule has 0 fully saturated rings. The van der Waals surface area contributed by atoms with Gasteiger partial charge < -0.3 is 0 Å². The highest BCUT2D eigenvalue weighted by molar-refractivity contribution is 6.34. The number of halogens is 3. The molecule has 0 saturated carbocycles. The summed E-state index contributed by atoms with van der Waals surface area (Å²) in [5.41, 5.74) is -0.0299. The van der Waals surface area contributed by atoms with E-state index in [4.69, 9.17) is 11.6 Å². The van der Waals surface area contributed by atoms with E-state index in [1.54, 1.807) is 12.1 Å². The zero-order chi connectivity index (χ0) is 13.1. The lowest BCUT2D eigenvalue weighted by atomic mass is 10.0. The Hall–Kier alpha value is -1.81. The first-order chi connectivity index (χ1) is 8.59. The first-order valence-electron chi connectivity index (χ1n) is 5.13. The van der Waals surface area contributed by atoms with Gasteiger partial charge in [-0.15, -0.1) is 0 Å². The maximum atomic E-state index is 12.6. The lowest BCUT2D eigenvalue weighted by Gasteiger charge is -2.06. The number of ketones is 1. The van der Waals surface area contributed by atoms with Gasteiger partial charge in [-0.3, -0.25) is 9.78 Å². The van der Waals surface area contributed by atoms with Gasteiger partial charge in [0.2, 0.25) is 5.78 Å². The maximum absolute atomic E-state index is 12.6. The first-order valence-corrected chi connectivity index (χ1v) is 5.50. The molecule has 0 radical (unpaired) electrons. The van der Waals surface area contributed by atoms with E-state index in [-0.39, 0.29) is 21.8 Å². The molecule has 0 bridgehead atoms. The van der Waals surface area contributed by atoms with Crippen molar-refractivity contribution in [1.29, 1.82) is 0 Å². The highest BCUT2D eigenvalue weighted by atomic mass is 35.5. The zero-order valence-electron chi connectivity index (χ0n) is 9.11. The van der Waals surface area contributed by atoms with Gasteiger partial charge in [-0.25, -0.2) is 8.78 Å². The number of pyridine rings is 1. The quantitative estimate of drug-likeness (QED) is 0.790. The summed E-state index contributed by atoms with van der Waals surface area (Å²) < 4.78 is 25.1. The molecule has 0 amide bonds. The second-order valence-corrected chi connectivity index (χ2v) is 3.99. The Labute approximate surface area is 107 Å². The summed E-state index contributed by atoms with van der Waals surface area (Å²) in [5.74, 6) is -0.469. The molecule has 0 N–H and O–H groups in total. The fourth-order valence-electron chi connectivity index (χ4n) is 1.49. The SMILES string of the molecule is O=C(c1ccccn1)c1cc(C(F)F)ccc1Cl. The highest BCUT2D eigenvalue weighted by Crippen LogP contribution is 2.25. The molecule has 0 spiro atoms. The third-order valence-electron chi connectivity index (χ3n) is 2.38. The Morgan fingerprint density at radius 3 is 2.61 bits per heavy atom. The van der Waals surface area contributed by atoms with Crippen molar-refractivity contribution < 1.29 is 13.6 Å². The minimum Gasteiger partial charge on any atom is -0.287 e. The van der Waals surface area contributed by atoms with E-state index in [0.717, 1.165) is 6.07 Å². The Kier molecular flexibility index (Phi) is 3.67. The molecule has 1 aromatic carbocycles. The number of carbonyl (C=O) groups excluding carboxylic acids is 1. The van der Waals surface area contributed by atoms with E-state index in [2.05, 4.69) is 4.98 Å². The number of alkyl halides is 2. The first kappa shape index (κ1) is 12.6. The number of rotatable bonds is 3. The lowest BCUT2D eigenvalue weighted by molar-refractivity contribution is 0.103. The molecular formula is C13H8ClF2NO. The van der Waals surface area contributed by atoms with E-state index in [0.29, 0.717) is 0 Å². The average molecular weight is 268 g/mol. The Morgan fingerprint density at radius 2 is 2.00 bits per heavy atom. The van der Waals surface area contributed by atoms with Gasteiger partial charge in [-0.05, 0) is 24.3 Å². The molecule has 2 rings (SSSR count). The van der Waals surface area contributed by atoms with Crippen LogP contribution in [0.1, 0.15) is 28.0 Å². The van der Waals surface area contributed by atoms with Crippen LogP contribution in [0.4, 0.5) is 8.78 Å². The predicted molar refractivity (Wildman–Crippen MR) is 64.1 cm³/mol. The third-order valence-corrected chi connectivity index (χ3v) is 2.71. The van der Waals surface area contributed by atoms with Crippen molar-refractivity contribution in [2.24, 2.45) is 0 Å². The molecule has 1 aromatic heterocycles. The van der Waals surface area contributed by atoms with Crippen molar-refractivity contribution >= 4 is 17.4 Å². The Bertz CT molecular complexity index is 572. The van der Waals surface area contributed by atoms with Crippen molar-refractivity contribution in [3.63, 3.8) is 0 Å². The number of aromatic nitrogens is 1. The van der Waals surface area contributed by atoms with Crippen LogP contribution in [0.3, 0.4) is 0 Å². The number of benzene rings is 1. The molecule has 0 aliphatic rings. The fourth-order valence-corrected chi connectivity index (χ4v) is 1.69. The van der Waals surface area contributed by atoms with Crippen molar-refractivity contribution in [1.82, 2.24) is 4.98 Å². The lowest BCUT2D eigenvalue weighted by Crippen LogP contribution is -2.05. The van der Waals surface area contributed by atoms with Crippen LogP contribution in [0.5, 0.6) is 0 Å². The van der Waals surface area contributed by atoms with Crippen LogP contribution < -0.4 is 0 Å².